The second kappa shape index (κ2) is 6.57. The third-order valence-corrected chi connectivity index (χ3v) is 4.29. The minimum Gasteiger partial charge on any atom is -0.326 e. The molecule has 0 aliphatic rings. The van der Waals surface area contributed by atoms with Crippen LogP contribution in [0.2, 0.25) is 15.1 Å². The zero-order chi connectivity index (χ0) is 19.2. The molecule has 3 aromatic rings. The minimum atomic E-state index is -4.75. The first-order valence-electron chi connectivity index (χ1n) is 6.66. The maximum Gasteiger partial charge on any atom is 0.436 e. The van der Waals surface area contributed by atoms with Crippen LogP contribution in [-0.4, -0.2) is 20.0 Å². The molecule has 0 aliphatic carbocycles. The second-order valence-electron chi connectivity index (χ2n) is 4.96. The van der Waals surface area contributed by atoms with Gasteiger partial charge in [-0.1, -0.05) is 40.0 Å². The number of rotatable bonds is 2. The average Bonchev–Trinajstić information content (AvgIpc) is 3.05. The summed E-state index contributed by atoms with van der Waals surface area (Å²) in [4.78, 5) is 14.0. The quantitative estimate of drug-likeness (QED) is 0.601. The number of hydrogen-bond acceptors (Lipinski definition) is 3. The fourth-order valence-electron chi connectivity index (χ4n) is 2.19. The molecular formula is C14H5Cl3F4N4O. The normalized spacial score (nSPS) is 11.8. The molecule has 0 bridgehead atoms. The summed E-state index contributed by atoms with van der Waals surface area (Å²) in [5, 5.41) is 5.41. The zero-order valence-electron chi connectivity index (χ0n) is 12.2. The topological polar surface area (TPSA) is 63.6 Å². The highest BCUT2D eigenvalue weighted by Crippen LogP contribution is 2.40. The van der Waals surface area contributed by atoms with Gasteiger partial charge in [-0.25, -0.2) is 9.07 Å². The van der Waals surface area contributed by atoms with Gasteiger partial charge in [-0.05, 0) is 12.1 Å². The van der Waals surface area contributed by atoms with Gasteiger partial charge in [0, 0.05) is 17.3 Å². The SMILES string of the molecule is O=c1[nH]cc(Cl)c(-c2c(-n3cc(C(F)(F)F)nn3)ccc(Cl)c2F)c1Cl. The van der Waals surface area contributed by atoms with Crippen molar-refractivity contribution in [1.82, 2.24) is 20.0 Å². The third-order valence-electron chi connectivity index (χ3n) is 3.34. The Morgan fingerprint density at radius 1 is 1.08 bits per heavy atom. The van der Waals surface area contributed by atoms with Gasteiger partial charge in [0.25, 0.3) is 5.56 Å². The number of halogens is 7. The Balaban J connectivity index is 2.34. The van der Waals surface area contributed by atoms with E-state index < -0.39 is 33.8 Å². The van der Waals surface area contributed by atoms with Crippen LogP contribution in [0.4, 0.5) is 17.6 Å². The van der Waals surface area contributed by atoms with Crippen molar-refractivity contribution < 1.29 is 17.6 Å². The van der Waals surface area contributed by atoms with Crippen molar-refractivity contribution in [3.63, 3.8) is 0 Å². The highest BCUT2D eigenvalue weighted by Gasteiger charge is 2.35. The van der Waals surface area contributed by atoms with Crippen molar-refractivity contribution in [3.05, 3.63) is 61.5 Å². The van der Waals surface area contributed by atoms with Gasteiger partial charge in [-0.3, -0.25) is 4.79 Å². The van der Waals surface area contributed by atoms with Crippen molar-refractivity contribution in [1.29, 1.82) is 0 Å². The highest BCUT2D eigenvalue weighted by atomic mass is 35.5. The maximum atomic E-state index is 14.7. The summed E-state index contributed by atoms with van der Waals surface area (Å²) in [5.41, 5.74) is -2.88. The van der Waals surface area contributed by atoms with E-state index in [1.54, 1.807) is 0 Å². The first-order valence-corrected chi connectivity index (χ1v) is 7.79. The van der Waals surface area contributed by atoms with E-state index in [9.17, 15) is 22.4 Å². The Labute approximate surface area is 157 Å². The fourth-order valence-corrected chi connectivity index (χ4v) is 2.89. The van der Waals surface area contributed by atoms with Gasteiger partial charge in [0.15, 0.2) is 11.5 Å². The molecule has 0 aliphatic heterocycles. The predicted molar refractivity (Wildman–Crippen MR) is 87.4 cm³/mol. The molecule has 26 heavy (non-hydrogen) atoms. The lowest BCUT2D eigenvalue weighted by Gasteiger charge is -2.14. The Morgan fingerprint density at radius 3 is 2.38 bits per heavy atom. The van der Waals surface area contributed by atoms with Crippen LogP contribution >= 0.6 is 34.8 Å². The Morgan fingerprint density at radius 2 is 1.77 bits per heavy atom. The first kappa shape index (κ1) is 18.7. The summed E-state index contributed by atoms with van der Waals surface area (Å²) in [7, 11) is 0. The number of pyridine rings is 1. The van der Waals surface area contributed by atoms with E-state index in [0.717, 1.165) is 12.3 Å². The summed E-state index contributed by atoms with van der Waals surface area (Å²) < 4.78 is 53.7. The van der Waals surface area contributed by atoms with E-state index in [4.69, 9.17) is 34.8 Å². The molecule has 0 saturated heterocycles. The van der Waals surface area contributed by atoms with E-state index in [1.807, 2.05) is 0 Å². The van der Waals surface area contributed by atoms with Crippen LogP contribution in [0.15, 0.2) is 29.3 Å². The van der Waals surface area contributed by atoms with Crippen molar-refractivity contribution >= 4 is 34.8 Å². The molecule has 136 valence electrons. The molecule has 5 nitrogen and oxygen atoms in total. The molecule has 12 heteroatoms. The number of alkyl halides is 3. The van der Waals surface area contributed by atoms with Crippen LogP contribution in [-0.2, 0) is 6.18 Å². The molecule has 0 atom stereocenters. The van der Waals surface area contributed by atoms with Crippen LogP contribution in [0.25, 0.3) is 16.8 Å². The third kappa shape index (κ3) is 3.17. The summed E-state index contributed by atoms with van der Waals surface area (Å²) in [5.74, 6) is -1.04. The van der Waals surface area contributed by atoms with Crippen LogP contribution in [0.5, 0.6) is 0 Å². The second-order valence-corrected chi connectivity index (χ2v) is 6.15. The summed E-state index contributed by atoms with van der Waals surface area (Å²) in [6.45, 7) is 0. The largest absolute Gasteiger partial charge is 0.436 e. The smallest absolute Gasteiger partial charge is 0.326 e. The first-order chi connectivity index (χ1) is 12.1. The van der Waals surface area contributed by atoms with Gasteiger partial charge in [0.1, 0.15) is 5.02 Å². The highest BCUT2D eigenvalue weighted by molar-refractivity contribution is 6.39. The molecule has 0 amide bonds. The molecular weight excluding hydrogens is 423 g/mol. The lowest BCUT2D eigenvalue weighted by atomic mass is 10.0. The Bertz CT molecular complexity index is 1060. The van der Waals surface area contributed by atoms with Gasteiger partial charge >= 0.3 is 6.18 Å². The Kier molecular flexibility index (Phi) is 4.72. The monoisotopic (exact) mass is 426 g/mol. The molecule has 2 aromatic heterocycles. The number of aromatic amines is 1. The fraction of sp³-hybridized carbons (Fsp3) is 0.0714. The number of aromatic nitrogens is 4. The van der Waals surface area contributed by atoms with Crippen molar-refractivity contribution in [3.8, 4) is 16.8 Å². The molecule has 2 heterocycles. The molecule has 0 spiro atoms. The number of benzene rings is 1. The van der Waals surface area contributed by atoms with E-state index in [1.165, 1.54) is 6.07 Å². The van der Waals surface area contributed by atoms with Crippen LogP contribution in [0, 0.1) is 5.82 Å². The van der Waals surface area contributed by atoms with Gasteiger partial charge in [0.05, 0.1) is 21.9 Å². The standard InChI is InChI=1S/C14H5Cl3F4N4O/c15-5-1-2-7(25-4-8(23-24-25)14(19,20)21)10(12(5)18)9-6(16)3-22-13(26)11(9)17/h1-4H,(H,22,26). The Hall–Kier alpha value is -2.10. The molecule has 0 fully saturated rings. The number of nitrogens with zero attached hydrogens (tertiary/aromatic N) is 3. The van der Waals surface area contributed by atoms with E-state index >= 15 is 0 Å². The number of H-pyrrole nitrogens is 1. The maximum absolute atomic E-state index is 14.7. The summed E-state index contributed by atoms with van der Waals surface area (Å²) >= 11 is 17.7. The predicted octanol–water partition coefficient (Wildman–Crippen LogP) is 4.74. The summed E-state index contributed by atoms with van der Waals surface area (Å²) in [6.07, 6.45) is -3.12. The molecule has 1 aromatic carbocycles. The van der Waals surface area contributed by atoms with E-state index in [0.29, 0.717) is 10.9 Å². The molecule has 0 unspecified atom stereocenters. The molecule has 0 saturated carbocycles. The van der Waals surface area contributed by atoms with Gasteiger partial charge in [-0.15, -0.1) is 5.10 Å². The molecule has 0 radical (unpaired) electrons. The molecule has 3 rings (SSSR count). The van der Waals surface area contributed by atoms with Crippen molar-refractivity contribution in [2.75, 3.05) is 0 Å². The zero-order valence-corrected chi connectivity index (χ0v) is 14.5. The minimum absolute atomic E-state index is 0.145. The van der Waals surface area contributed by atoms with Gasteiger partial charge < -0.3 is 4.98 Å². The average molecular weight is 428 g/mol. The summed E-state index contributed by atoms with van der Waals surface area (Å²) in [6, 6.07) is 2.31. The van der Waals surface area contributed by atoms with Crippen LogP contribution < -0.4 is 5.56 Å². The number of hydrogen-bond donors (Lipinski definition) is 1. The van der Waals surface area contributed by atoms with Crippen molar-refractivity contribution in [2.24, 2.45) is 0 Å². The van der Waals surface area contributed by atoms with E-state index in [-0.39, 0.29) is 21.3 Å². The molecule has 1 N–H and O–H groups in total. The lowest BCUT2D eigenvalue weighted by Crippen LogP contribution is -2.09. The van der Waals surface area contributed by atoms with E-state index in [2.05, 4.69) is 15.3 Å². The lowest BCUT2D eigenvalue weighted by molar-refractivity contribution is -0.141. The van der Waals surface area contributed by atoms with Gasteiger partial charge in [0.2, 0.25) is 0 Å². The van der Waals surface area contributed by atoms with Crippen LogP contribution in [0.1, 0.15) is 5.69 Å². The van der Waals surface area contributed by atoms with Crippen molar-refractivity contribution in [2.45, 2.75) is 6.18 Å². The van der Waals surface area contributed by atoms with Gasteiger partial charge in [-0.2, -0.15) is 13.2 Å². The van der Waals surface area contributed by atoms with Crippen LogP contribution in [0.3, 0.4) is 0 Å². The number of nitrogens with one attached hydrogen (secondary N) is 1.